The predicted octanol–water partition coefficient (Wildman–Crippen LogP) is 0.722. The molecule has 2 atom stereocenters. The number of hydrogen-bond donors (Lipinski definition) is 1. The van der Waals surface area contributed by atoms with Crippen LogP contribution in [0.25, 0.3) is 0 Å². The van der Waals surface area contributed by atoms with E-state index in [9.17, 15) is 31.4 Å². The lowest BCUT2D eigenvalue weighted by Crippen LogP contribution is -2.44. The maximum Gasteiger partial charge on any atom is 0.326 e. The van der Waals surface area contributed by atoms with Crippen LogP contribution >= 0.6 is 0 Å². The Kier molecular flexibility index (Phi) is 4.45. The second kappa shape index (κ2) is 5.99. The highest BCUT2D eigenvalue weighted by Gasteiger charge is 2.43. The molecule has 2 rings (SSSR count). The molecule has 1 amide bonds. The fourth-order valence-corrected chi connectivity index (χ4v) is 3.04. The van der Waals surface area contributed by atoms with Gasteiger partial charge in [-0.25, -0.2) is 9.18 Å². The molecule has 1 aromatic rings. The molecule has 6 nitrogen and oxygen atoms in total. The summed E-state index contributed by atoms with van der Waals surface area (Å²) in [6.45, 7) is -0.504. The number of amides is 1. The van der Waals surface area contributed by atoms with Crippen molar-refractivity contribution in [2.75, 3.05) is 6.54 Å². The zero-order valence-electron chi connectivity index (χ0n) is 11.3. The molecule has 0 aromatic heterocycles. The summed E-state index contributed by atoms with van der Waals surface area (Å²) in [4.78, 5) is 24.0. The van der Waals surface area contributed by atoms with E-state index in [0.29, 0.717) is 5.56 Å². The summed E-state index contributed by atoms with van der Waals surface area (Å²) >= 11 is 0. The zero-order valence-corrected chi connectivity index (χ0v) is 12.1. The van der Waals surface area contributed by atoms with E-state index in [1.54, 1.807) is 0 Å². The number of rotatable bonds is 5. The van der Waals surface area contributed by atoms with Crippen molar-refractivity contribution in [3.8, 4) is 0 Å². The van der Waals surface area contributed by atoms with E-state index in [2.05, 4.69) is 0 Å². The minimum atomic E-state index is -4.91. The molecule has 0 radical (unpaired) electrons. The summed E-state index contributed by atoms with van der Waals surface area (Å²) in [7, 11) is -4.91. The molecule has 1 fully saturated rings. The second-order valence-electron chi connectivity index (χ2n) is 5.03. The van der Waals surface area contributed by atoms with E-state index in [0.717, 1.165) is 17.0 Å². The quantitative estimate of drug-likeness (QED) is 0.802. The summed E-state index contributed by atoms with van der Waals surface area (Å²) in [6, 6.07) is 3.71. The third-order valence-corrected chi connectivity index (χ3v) is 4.64. The number of likely N-dealkylation sites (tertiary alicyclic amines) is 1. The number of halogens is 2. The highest BCUT2D eigenvalue weighted by molar-refractivity contribution is 7.87. The normalized spacial score (nSPS) is 20.2. The number of benzene rings is 1. The molecule has 0 saturated carbocycles. The van der Waals surface area contributed by atoms with Gasteiger partial charge < -0.3 is 10.0 Å². The number of carbonyl (C=O) groups is 2. The number of nitrogens with zero attached hydrogens (tertiary/aromatic N) is 1. The van der Waals surface area contributed by atoms with E-state index in [1.807, 2.05) is 0 Å². The van der Waals surface area contributed by atoms with Crippen LogP contribution < -0.4 is 0 Å². The van der Waals surface area contributed by atoms with Gasteiger partial charge in [-0.1, -0.05) is 12.1 Å². The molecule has 9 heteroatoms. The molecule has 1 heterocycles. The molecule has 2 unspecified atom stereocenters. The molecule has 1 N–H and O–H groups in total. The van der Waals surface area contributed by atoms with Crippen LogP contribution in [0.4, 0.5) is 8.28 Å². The topological polar surface area (TPSA) is 91.8 Å². The second-order valence-corrected chi connectivity index (χ2v) is 6.65. The van der Waals surface area contributed by atoms with Gasteiger partial charge in [0.05, 0.1) is 0 Å². The van der Waals surface area contributed by atoms with Crippen molar-refractivity contribution in [1.82, 2.24) is 4.90 Å². The molecule has 1 aliphatic heterocycles. The molecule has 0 bridgehead atoms. The summed E-state index contributed by atoms with van der Waals surface area (Å²) in [5.41, 5.74) is 0.466. The standard InChI is InChI=1S/C13H13F2NO5S/c14-9-3-1-8(2-4-9)5-11(13(18)19)16-7-10(6-12(16)17)22(15,20)21/h1-4,10-11H,5-7H2,(H,18,19). The molecule has 0 aliphatic carbocycles. The minimum Gasteiger partial charge on any atom is -0.480 e. The Balaban J connectivity index is 2.20. The predicted molar refractivity (Wildman–Crippen MR) is 71.7 cm³/mol. The highest BCUT2D eigenvalue weighted by atomic mass is 32.3. The van der Waals surface area contributed by atoms with Crippen molar-refractivity contribution in [2.24, 2.45) is 0 Å². The van der Waals surface area contributed by atoms with Crippen LogP contribution in [0.3, 0.4) is 0 Å². The van der Waals surface area contributed by atoms with Crippen LogP contribution in [0.1, 0.15) is 12.0 Å². The van der Waals surface area contributed by atoms with Crippen molar-refractivity contribution >= 4 is 22.1 Å². The smallest absolute Gasteiger partial charge is 0.326 e. The lowest BCUT2D eigenvalue weighted by atomic mass is 10.0. The van der Waals surface area contributed by atoms with Crippen molar-refractivity contribution in [3.63, 3.8) is 0 Å². The van der Waals surface area contributed by atoms with Gasteiger partial charge in [0.1, 0.15) is 17.1 Å². The summed E-state index contributed by atoms with van der Waals surface area (Å²) in [5, 5.41) is 7.70. The molecule has 1 aromatic carbocycles. The average molecular weight is 333 g/mol. The van der Waals surface area contributed by atoms with Gasteiger partial charge in [-0.2, -0.15) is 8.42 Å². The first kappa shape index (κ1) is 16.3. The Hall–Kier alpha value is -2.03. The Bertz CT molecular complexity index is 689. The van der Waals surface area contributed by atoms with Crippen LogP contribution in [0.2, 0.25) is 0 Å². The van der Waals surface area contributed by atoms with Crippen LogP contribution in [0, 0.1) is 5.82 Å². The Morgan fingerprint density at radius 1 is 1.36 bits per heavy atom. The van der Waals surface area contributed by atoms with Crippen LogP contribution in [0.5, 0.6) is 0 Å². The van der Waals surface area contributed by atoms with Crippen LogP contribution in [-0.4, -0.2) is 48.1 Å². The average Bonchev–Trinajstić information content (AvgIpc) is 2.79. The first-order valence-corrected chi connectivity index (χ1v) is 7.83. The molecule has 1 saturated heterocycles. The number of carboxylic acid groups (broad SMARTS) is 1. The van der Waals surface area contributed by atoms with Crippen molar-refractivity contribution in [1.29, 1.82) is 0 Å². The molecule has 1 aliphatic rings. The van der Waals surface area contributed by atoms with Gasteiger partial charge in [0.2, 0.25) is 5.91 Å². The van der Waals surface area contributed by atoms with Gasteiger partial charge in [0.25, 0.3) is 0 Å². The Morgan fingerprint density at radius 2 is 1.95 bits per heavy atom. The van der Waals surface area contributed by atoms with Crippen molar-refractivity contribution in [2.45, 2.75) is 24.1 Å². The van der Waals surface area contributed by atoms with Crippen molar-refractivity contribution < 1.29 is 31.4 Å². The highest BCUT2D eigenvalue weighted by Crippen LogP contribution is 2.23. The third-order valence-electron chi connectivity index (χ3n) is 3.52. The first-order chi connectivity index (χ1) is 10.2. The van der Waals surface area contributed by atoms with Gasteiger partial charge in [0, 0.05) is 19.4 Å². The maximum absolute atomic E-state index is 13.0. The van der Waals surface area contributed by atoms with Crippen molar-refractivity contribution in [3.05, 3.63) is 35.6 Å². The van der Waals surface area contributed by atoms with E-state index in [4.69, 9.17) is 0 Å². The fraction of sp³-hybridized carbons (Fsp3) is 0.385. The summed E-state index contributed by atoms with van der Waals surface area (Å²) < 4.78 is 47.6. The minimum absolute atomic E-state index is 0.125. The third kappa shape index (κ3) is 3.59. The summed E-state index contributed by atoms with van der Waals surface area (Å²) in [5.74, 6) is -2.56. The van der Waals surface area contributed by atoms with Gasteiger partial charge in [-0.15, -0.1) is 3.89 Å². The van der Waals surface area contributed by atoms with Gasteiger partial charge >= 0.3 is 16.2 Å². The van der Waals surface area contributed by atoms with E-state index in [-0.39, 0.29) is 6.42 Å². The number of aliphatic carboxylic acids is 1. The molecule has 120 valence electrons. The van der Waals surface area contributed by atoms with E-state index < -0.39 is 52.2 Å². The largest absolute Gasteiger partial charge is 0.480 e. The molecule has 22 heavy (non-hydrogen) atoms. The monoisotopic (exact) mass is 333 g/mol. The Labute approximate surface area is 125 Å². The van der Waals surface area contributed by atoms with Gasteiger partial charge in [-0.3, -0.25) is 4.79 Å². The van der Waals surface area contributed by atoms with E-state index >= 15 is 0 Å². The first-order valence-electron chi connectivity index (χ1n) is 6.38. The van der Waals surface area contributed by atoms with E-state index in [1.165, 1.54) is 12.1 Å². The van der Waals surface area contributed by atoms with Gasteiger partial charge in [-0.05, 0) is 17.7 Å². The SMILES string of the molecule is O=C(O)C(Cc1ccc(F)cc1)N1CC(S(=O)(=O)F)CC1=O. The Morgan fingerprint density at radius 3 is 2.41 bits per heavy atom. The van der Waals surface area contributed by atoms with Gasteiger partial charge in [0.15, 0.2) is 0 Å². The number of hydrogen-bond acceptors (Lipinski definition) is 4. The lowest BCUT2D eigenvalue weighted by Gasteiger charge is -2.24. The molecule has 0 spiro atoms. The lowest BCUT2D eigenvalue weighted by molar-refractivity contribution is -0.148. The number of carboxylic acids is 1. The van der Waals surface area contributed by atoms with Crippen LogP contribution in [0.15, 0.2) is 24.3 Å². The molecular weight excluding hydrogens is 320 g/mol. The zero-order chi connectivity index (χ0) is 16.5. The fourth-order valence-electron chi connectivity index (χ4n) is 2.36. The number of carbonyl (C=O) groups excluding carboxylic acids is 1. The maximum atomic E-state index is 13.0. The van der Waals surface area contributed by atoms with Crippen LogP contribution in [-0.2, 0) is 26.2 Å². The summed E-state index contributed by atoms with van der Waals surface area (Å²) in [6.07, 6.45) is -0.702. The molecular formula is C13H13F2NO5S.